The molecule has 0 N–H and O–H groups in total. The fraction of sp³-hybridized carbons (Fsp3) is 0.273. The number of ether oxygens (including phenoxy) is 1. The van der Waals surface area contributed by atoms with E-state index < -0.39 is 0 Å². The normalized spacial score (nSPS) is 10.5. The molecule has 0 aromatic heterocycles. The summed E-state index contributed by atoms with van der Waals surface area (Å²) in [5, 5.41) is 0. The average molecular weight is 162 g/mol. The van der Waals surface area contributed by atoms with E-state index in [-0.39, 0.29) is 0 Å². The minimum atomic E-state index is 0.725. The monoisotopic (exact) mass is 162 g/mol. The van der Waals surface area contributed by atoms with Gasteiger partial charge in [0.2, 0.25) is 0 Å². The molecule has 0 unspecified atom stereocenters. The van der Waals surface area contributed by atoms with Gasteiger partial charge in [0, 0.05) is 0 Å². The minimum Gasteiger partial charge on any atom is -0.501 e. The summed E-state index contributed by atoms with van der Waals surface area (Å²) in [6, 6.07) is 8.33. The van der Waals surface area contributed by atoms with Gasteiger partial charge in [-0.15, -0.1) is 0 Å². The maximum atomic E-state index is 5.09. The van der Waals surface area contributed by atoms with E-state index in [1.807, 2.05) is 13.0 Å². The van der Waals surface area contributed by atoms with E-state index >= 15 is 0 Å². The second-order valence-electron chi connectivity index (χ2n) is 2.67. The van der Waals surface area contributed by atoms with Crippen LogP contribution in [0, 0.1) is 6.92 Å². The highest BCUT2D eigenvalue weighted by Gasteiger charge is 1.84. The third-order valence-electron chi connectivity index (χ3n) is 1.60. The van der Waals surface area contributed by atoms with E-state index in [0.29, 0.717) is 0 Å². The third-order valence-corrected chi connectivity index (χ3v) is 1.60. The molecule has 0 radical (unpaired) electrons. The molecule has 0 saturated carbocycles. The van der Waals surface area contributed by atoms with Crippen LogP contribution in [0.2, 0.25) is 0 Å². The van der Waals surface area contributed by atoms with Gasteiger partial charge in [-0.25, -0.2) is 0 Å². The van der Waals surface area contributed by atoms with Gasteiger partial charge in [-0.05, 0) is 25.5 Å². The van der Waals surface area contributed by atoms with Gasteiger partial charge in [-0.3, -0.25) is 0 Å². The molecular formula is C11H14O. The first-order chi connectivity index (χ1) is 5.83. The average Bonchev–Trinajstić information content (AvgIpc) is 2.09. The van der Waals surface area contributed by atoms with Crippen molar-refractivity contribution in [2.75, 3.05) is 6.61 Å². The first-order valence-electron chi connectivity index (χ1n) is 4.17. The number of hydrogen-bond acceptors (Lipinski definition) is 1. The van der Waals surface area contributed by atoms with Crippen molar-refractivity contribution in [3.63, 3.8) is 0 Å². The number of hydrogen-bond donors (Lipinski definition) is 0. The summed E-state index contributed by atoms with van der Waals surface area (Å²) >= 11 is 0. The molecular weight excluding hydrogens is 148 g/mol. The van der Waals surface area contributed by atoms with E-state index in [1.54, 1.807) is 6.26 Å². The van der Waals surface area contributed by atoms with Crippen molar-refractivity contribution in [1.82, 2.24) is 0 Å². The molecule has 1 heteroatoms. The minimum absolute atomic E-state index is 0.725. The Morgan fingerprint density at radius 1 is 1.25 bits per heavy atom. The summed E-state index contributed by atoms with van der Waals surface area (Å²) < 4.78 is 5.09. The Morgan fingerprint density at radius 3 is 2.50 bits per heavy atom. The van der Waals surface area contributed by atoms with Crippen LogP contribution >= 0.6 is 0 Å². The maximum absolute atomic E-state index is 5.09. The Balaban J connectivity index is 2.58. The van der Waals surface area contributed by atoms with Gasteiger partial charge in [0.1, 0.15) is 0 Å². The lowest BCUT2D eigenvalue weighted by Gasteiger charge is -1.95. The molecule has 0 aliphatic heterocycles. The van der Waals surface area contributed by atoms with Crippen molar-refractivity contribution in [1.29, 1.82) is 0 Å². The molecule has 0 aliphatic carbocycles. The first kappa shape index (κ1) is 8.85. The Labute approximate surface area is 73.7 Å². The highest BCUT2D eigenvalue weighted by molar-refractivity contribution is 5.48. The highest BCUT2D eigenvalue weighted by atomic mass is 16.5. The lowest BCUT2D eigenvalue weighted by Crippen LogP contribution is -1.77. The molecule has 1 rings (SSSR count). The Hall–Kier alpha value is -1.24. The Bertz CT molecular complexity index is 246. The zero-order valence-corrected chi connectivity index (χ0v) is 7.58. The molecule has 0 atom stereocenters. The van der Waals surface area contributed by atoms with Gasteiger partial charge >= 0.3 is 0 Å². The van der Waals surface area contributed by atoms with Gasteiger partial charge in [0.15, 0.2) is 0 Å². The summed E-state index contributed by atoms with van der Waals surface area (Å²) in [7, 11) is 0. The van der Waals surface area contributed by atoms with Crippen molar-refractivity contribution >= 4 is 6.08 Å². The van der Waals surface area contributed by atoms with Crippen LogP contribution in [0.1, 0.15) is 18.1 Å². The van der Waals surface area contributed by atoms with Crippen molar-refractivity contribution in [3.05, 3.63) is 41.7 Å². The summed E-state index contributed by atoms with van der Waals surface area (Å²) in [6.45, 7) is 4.78. The largest absolute Gasteiger partial charge is 0.501 e. The van der Waals surface area contributed by atoms with Crippen LogP contribution in [0.15, 0.2) is 30.5 Å². The van der Waals surface area contributed by atoms with Gasteiger partial charge in [-0.2, -0.15) is 0 Å². The van der Waals surface area contributed by atoms with Gasteiger partial charge < -0.3 is 4.74 Å². The zero-order valence-electron chi connectivity index (χ0n) is 7.58. The summed E-state index contributed by atoms with van der Waals surface area (Å²) in [5.74, 6) is 0. The van der Waals surface area contributed by atoms with Gasteiger partial charge in [-0.1, -0.05) is 29.8 Å². The first-order valence-corrected chi connectivity index (χ1v) is 4.17. The predicted octanol–water partition coefficient (Wildman–Crippen LogP) is 3.00. The van der Waals surface area contributed by atoms with Crippen LogP contribution in [-0.4, -0.2) is 6.61 Å². The highest BCUT2D eigenvalue weighted by Crippen LogP contribution is 2.04. The van der Waals surface area contributed by atoms with E-state index in [4.69, 9.17) is 4.74 Å². The molecule has 1 aromatic carbocycles. The molecule has 1 nitrogen and oxygen atoms in total. The second kappa shape index (κ2) is 4.60. The van der Waals surface area contributed by atoms with Crippen LogP contribution < -0.4 is 0 Å². The zero-order chi connectivity index (χ0) is 8.81. The maximum Gasteiger partial charge on any atom is 0.0845 e. The molecule has 0 saturated heterocycles. The van der Waals surface area contributed by atoms with Crippen LogP contribution in [0.5, 0.6) is 0 Å². The van der Waals surface area contributed by atoms with Crippen molar-refractivity contribution in [3.8, 4) is 0 Å². The molecule has 1 aromatic rings. The van der Waals surface area contributed by atoms with Gasteiger partial charge in [0.25, 0.3) is 0 Å². The number of rotatable bonds is 3. The predicted molar refractivity (Wildman–Crippen MR) is 51.8 cm³/mol. The summed E-state index contributed by atoms with van der Waals surface area (Å²) in [6.07, 6.45) is 3.69. The van der Waals surface area contributed by atoms with Crippen LogP contribution in [0.3, 0.4) is 0 Å². The van der Waals surface area contributed by atoms with Crippen molar-refractivity contribution < 1.29 is 4.74 Å². The molecule has 12 heavy (non-hydrogen) atoms. The SMILES string of the molecule is CCOC=Cc1ccc(C)cc1. The van der Waals surface area contributed by atoms with Crippen LogP contribution in [0.25, 0.3) is 6.08 Å². The van der Waals surface area contributed by atoms with Crippen LogP contribution in [-0.2, 0) is 4.74 Å². The van der Waals surface area contributed by atoms with Gasteiger partial charge in [0.05, 0.1) is 12.9 Å². The lowest BCUT2D eigenvalue weighted by atomic mass is 10.1. The van der Waals surface area contributed by atoms with E-state index in [2.05, 4.69) is 31.2 Å². The second-order valence-corrected chi connectivity index (χ2v) is 2.67. The molecule has 64 valence electrons. The fourth-order valence-corrected chi connectivity index (χ4v) is 0.900. The quantitative estimate of drug-likeness (QED) is 0.621. The standard InChI is InChI=1S/C11H14O/c1-3-12-9-8-11-6-4-10(2)5-7-11/h4-9H,3H2,1-2H3. The molecule has 0 amide bonds. The van der Waals surface area contributed by atoms with E-state index in [1.165, 1.54) is 11.1 Å². The van der Waals surface area contributed by atoms with Crippen LogP contribution in [0.4, 0.5) is 0 Å². The molecule has 0 aliphatic rings. The third kappa shape index (κ3) is 2.79. The van der Waals surface area contributed by atoms with E-state index in [9.17, 15) is 0 Å². The summed E-state index contributed by atoms with van der Waals surface area (Å²) in [5.41, 5.74) is 2.46. The molecule has 0 spiro atoms. The molecule has 0 bridgehead atoms. The lowest BCUT2D eigenvalue weighted by molar-refractivity contribution is 0.272. The Morgan fingerprint density at radius 2 is 1.92 bits per heavy atom. The van der Waals surface area contributed by atoms with Crippen molar-refractivity contribution in [2.24, 2.45) is 0 Å². The summed E-state index contributed by atoms with van der Waals surface area (Å²) in [4.78, 5) is 0. The molecule has 0 fully saturated rings. The smallest absolute Gasteiger partial charge is 0.0845 e. The van der Waals surface area contributed by atoms with Crippen molar-refractivity contribution in [2.45, 2.75) is 13.8 Å². The fourth-order valence-electron chi connectivity index (χ4n) is 0.900. The number of aryl methyl sites for hydroxylation is 1. The van der Waals surface area contributed by atoms with E-state index in [0.717, 1.165) is 6.61 Å². The molecule has 0 heterocycles. The number of benzene rings is 1. The Kier molecular flexibility index (Phi) is 3.39. The topological polar surface area (TPSA) is 9.23 Å².